The second kappa shape index (κ2) is 11.5. The van der Waals surface area contributed by atoms with Crippen molar-refractivity contribution in [1.82, 2.24) is 19.1 Å². The molecule has 5 heterocycles. The van der Waals surface area contributed by atoms with Gasteiger partial charge in [0.15, 0.2) is 5.82 Å². The van der Waals surface area contributed by atoms with E-state index in [-0.39, 0.29) is 0 Å². The van der Waals surface area contributed by atoms with Crippen LogP contribution in [-0.2, 0) is 0 Å². The molecule has 0 radical (unpaired) electrons. The lowest BCUT2D eigenvalue weighted by Crippen LogP contribution is -2.05. The lowest BCUT2D eigenvalue weighted by molar-refractivity contribution is 1.03. The average Bonchev–Trinajstić information content (AvgIpc) is 3.90. The number of fused-ring (bicyclic) bond motifs is 10. The highest BCUT2D eigenvalue weighted by Crippen LogP contribution is 2.50. The van der Waals surface area contributed by atoms with Gasteiger partial charge in [-0.2, -0.15) is 0 Å². The first kappa shape index (κ1) is 30.0. The van der Waals surface area contributed by atoms with Gasteiger partial charge in [0.25, 0.3) is 0 Å². The minimum atomic E-state index is 0.737. The molecule has 252 valence electrons. The van der Waals surface area contributed by atoms with E-state index in [4.69, 9.17) is 9.97 Å². The van der Waals surface area contributed by atoms with Crippen LogP contribution in [0.2, 0.25) is 0 Å². The van der Waals surface area contributed by atoms with Crippen molar-refractivity contribution >= 4 is 76.2 Å². The molecule has 0 atom stereocenters. The third kappa shape index (κ3) is 4.32. The van der Waals surface area contributed by atoms with Crippen LogP contribution in [0.1, 0.15) is 0 Å². The molecule has 0 bridgehead atoms. The molecule has 1 aliphatic heterocycles. The summed E-state index contributed by atoms with van der Waals surface area (Å²) in [7, 11) is 0. The summed E-state index contributed by atoms with van der Waals surface area (Å²) in [6, 6.07) is 61.0. The summed E-state index contributed by atoms with van der Waals surface area (Å²) in [4.78, 5) is 13.0. The van der Waals surface area contributed by atoms with Gasteiger partial charge < -0.3 is 0 Å². The van der Waals surface area contributed by atoms with Gasteiger partial charge in [0.1, 0.15) is 5.65 Å². The zero-order valence-electron chi connectivity index (χ0n) is 28.8. The predicted octanol–water partition coefficient (Wildman–Crippen LogP) is 13.4. The van der Waals surface area contributed by atoms with Gasteiger partial charge >= 0.3 is 0 Å². The molecule has 0 saturated carbocycles. The highest BCUT2D eigenvalue weighted by atomic mass is 32.2. The molecule has 0 saturated heterocycles. The van der Waals surface area contributed by atoms with Gasteiger partial charge in [-0.1, -0.05) is 133 Å². The third-order valence-electron chi connectivity index (χ3n) is 10.7. The quantitative estimate of drug-likeness (QED) is 0.181. The van der Waals surface area contributed by atoms with Gasteiger partial charge in [0, 0.05) is 52.9 Å². The SMILES string of the molecule is c1ccc(-c2nc(-c3ccc(-c4ccc5c(c4)c4c6cccc7c6n(c4n5-c4ccccc4)-c4ccccc4S7)cc3)nc3c2sc2ccccc23)cc1. The minimum absolute atomic E-state index is 0.737. The maximum absolute atomic E-state index is 5.21. The van der Waals surface area contributed by atoms with Gasteiger partial charge in [-0.3, -0.25) is 9.13 Å². The normalized spacial score (nSPS) is 12.4. The van der Waals surface area contributed by atoms with Crippen LogP contribution in [0, 0.1) is 0 Å². The molecule has 0 N–H and O–H groups in total. The van der Waals surface area contributed by atoms with Crippen LogP contribution in [-0.4, -0.2) is 19.1 Å². The summed E-state index contributed by atoms with van der Waals surface area (Å²) in [5.74, 6) is 0.737. The highest BCUT2D eigenvalue weighted by molar-refractivity contribution is 7.99. The van der Waals surface area contributed by atoms with Crippen molar-refractivity contribution in [3.8, 4) is 45.1 Å². The van der Waals surface area contributed by atoms with Crippen LogP contribution in [0.25, 0.3) is 98.3 Å². The first-order valence-corrected chi connectivity index (χ1v) is 19.7. The van der Waals surface area contributed by atoms with Crippen molar-refractivity contribution in [1.29, 1.82) is 0 Å². The zero-order chi connectivity index (χ0) is 35.3. The molecule has 0 fully saturated rings. The molecule has 6 heteroatoms. The predicted molar refractivity (Wildman–Crippen MR) is 227 cm³/mol. The van der Waals surface area contributed by atoms with Crippen LogP contribution in [0.15, 0.2) is 180 Å². The molecule has 12 rings (SSSR count). The van der Waals surface area contributed by atoms with E-state index < -0.39 is 0 Å². The molecule has 1 aliphatic rings. The number of para-hydroxylation sites is 3. The number of benzene rings is 7. The van der Waals surface area contributed by atoms with Crippen LogP contribution < -0.4 is 0 Å². The molecule has 11 aromatic rings. The Bertz CT molecular complexity index is 3280. The van der Waals surface area contributed by atoms with E-state index in [9.17, 15) is 0 Å². The number of rotatable bonds is 4. The fourth-order valence-corrected chi connectivity index (χ4v) is 10.6. The fraction of sp³-hybridized carbons (Fsp3) is 0. The van der Waals surface area contributed by atoms with E-state index >= 15 is 0 Å². The molecule has 4 aromatic heterocycles. The lowest BCUT2D eigenvalue weighted by atomic mass is 10.0. The Morgan fingerprint density at radius 3 is 2.06 bits per heavy atom. The summed E-state index contributed by atoms with van der Waals surface area (Å²) in [6.45, 7) is 0. The Labute approximate surface area is 318 Å². The summed E-state index contributed by atoms with van der Waals surface area (Å²) in [5.41, 5.74) is 12.4. The van der Waals surface area contributed by atoms with E-state index in [1.807, 2.05) is 11.8 Å². The summed E-state index contributed by atoms with van der Waals surface area (Å²) >= 11 is 3.62. The van der Waals surface area contributed by atoms with Gasteiger partial charge in [0.2, 0.25) is 0 Å². The first-order valence-electron chi connectivity index (χ1n) is 18.1. The fourth-order valence-electron chi connectivity index (χ4n) is 8.32. The first-order chi connectivity index (χ1) is 26.8. The molecule has 54 heavy (non-hydrogen) atoms. The summed E-state index contributed by atoms with van der Waals surface area (Å²) in [5, 5.41) is 4.97. The molecule has 0 unspecified atom stereocenters. The van der Waals surface area contributed by atoms with E-state index in [2.05, 4.69) is 179 Å². The molecular formula is C48H28N4S2. The Balaban J connectivity index is 1.05. The maximum atomic E-state index is 5.21. The molecule has 7 aromatic carbocycles. The van der Waals surface area contributed by atoms with E-state index in [1.165, 1.54) is 64.0 Å². The van der Waals surface area contributed by atoms with Gasteiger partial charge in [-0.05, 0) is 59.7 Å². The zero-order valence-corrected chi connectivity index (χ0v) is 30.4. The van der Waals surface area contributed by atoms with Crippen molar-refractivity contribution in [3.05, 3.63) is 170 Å². The highest BCUT2D eigenvalue weighted by Gasteiger charge is 2.28. The van der Waals surface area contributed by atoms with E-state index in [0.717, 1.165) is 44.1 Å². The number of hydrogen-bond acceptors (Lipinski definition) is 4. The number of hydrogen-bond donors (Lipinski definition) is 0. The van der Waals surface area contributed by atoms with Gasteiger partial charge in [-0.15, -0.1) is 11.3 Å². The standard InChI is InChI=1S/C48H28N4S2/c1-3-12-30(13-4-1)43-46-44(34-16-7-9-19-39(34)54-46)50-47(49-43)31-24-22-29(23-25-31)32-26-27-37-36(28-32)42-35-17-11-21-41-45(35)52(38-18-8-10-20-40(38)53-41)48(42)51(37)33-14-5-2-6-15-33/h1-28H. The van der Waals surface area contributed by atoms with Crippen molar-refractivity contribution in [2.75, 3.05) is 0 Å². The molecule has 4 nitrogen and oxygen atoms in total. The van der Waals surface area contributed by atoms with Crippen molar-refractivity contribution < 1.29 is 0 Å². The number of aromatic nitrogens is 4. The molecular weight excluding hydrogens is 697 g/mol. The lowest BCUT2D eigenvalue weighted by Gasteiger charge is -2.21. The topological polar surface area (TPSA) is 35.6 Å². The summed E-state index contributed by atoms with van der Waals surface area (Å²) in [6.07, 6.45) is 0. The summed E-state index contributed by atoms with van der Waals surface area (Å²) < 4.78 is 7.28. The van der Waals surface area contributed by atoms with Crippen LogP contribution in [0.4, 0.5) is 0 Å². The average molecular weight is 725 g/mol. The van der Waals surface area contributed by atoms with Gasteiger partial charge in [0.05, 0.1) is 32.6 Å². The van der Waals surface area contributed by atoms with Crippen LogP contribution >= 0.6 is 23.1 Å². The molecule has 0 aliphatic carbocycles. The Hall–Kier alpha value is -6.47. The largest absolute Gasteiger partial charge is 0.295 e. The number of nitrogens with zero attached hydrogens (tertiary/aromatic N) is 4. The Morgan fingerprint density at radius 1 is 0.481 bits per heavy atom. The van der Waals surface area contributed by atoms with Crippen molar-refractivity contribution in [3.63, 3.8) is 0 Å². The molecule has 0 amide bonds. The van der Waals surface area contributed by atoms with E-state index in [1.54, 1.807) is 11.3 Å². The second-order valence-corrected chi connectivity index (χ2v) is 15.9. The second-order valence-electron chi connectivity index (χ2n) is 13.8. The Morgan fingerprint density at radius 2 is 1.19 bits per heavy atom. The Kier molecular flexibility index (Phi) is 6.40. The van der Waals surface area contributed by atoms with Crippen molar-refractivity contribution in [2.24, 2.45) is 0 Å². The van der Waals surface area contributed by atoms with Crippen LogP contribution in [0.5, 0.6) is 0 Å². The minimum Gasteiger partial charge on any atom is -0.295 e. The third-order valence-corrected chi connectivity index (χ3v) is 13.0. The monoisotopic (exact) mass is 724 g/mol. The molecule has 0 spiro atoms. The maximum Gasteiger partial charge on any atom is 0.160 e. The van der Waals surface area contributed by atoms with E-state index in [0.29, 0.717) is 0 Å². The number of thiophene rings is 1. The van der Waals surface area contributed by atoms with Crippen molar-refractivity contribution in [2.45, 2.75) is 9.79 Å². The van der Waals surface area contributed by atoms with Crippen LogP contribution in [0.3, 0.4) is 0 Å². The van der Waals surface area contributed by atoms with Gasteiger partial charge in [-0.25, -0.2) is 9.97 Å². The smallest absolute Gasteiger partial charge is 0.160 e.